The number of hydrazone groups is 1. The second-order valence-corrected chi connectivity index (χ2v) is 10.4. The van der Waals surface area contributed by atoms with Crippen molar-refractivity contribution < 1.29 is 4.74 Å². The van der Waals surface area contributed by atoms with Crippen LogP contribution < -0.4 is 20.0 Å². The molecule has 1 aromatic heterocycles. The summed E-state index contributed by atoms with van der Waals surface area (Å²) in [6.07, 6.45) is 9.21. The molecule has 0 bridgehead atoms. The Labute approximate surface area is 230 Å². The number of hydrogen-bond acceptors (Lipinski definition) is 7. The molecule has 3 heterocycles. The predicted octanol–water partition coefficient (Wildman–Crippen LogP) is 6.64. The molecule has 0 amide bonds. The molecular weight excluding hydrogens is 484 g/mol. The third kappa shape index (κ3) is 6.30. The fraction of sp³-hybridized carbons (Fsp3) is 0.344. The van der Waals surface area contributed by atoms with Crippen molar-refractivity contribution in [2.24, 2.45) is 5.10 Å². The van der Waals surface area contributed by atoms with Gasteiger partial charge < -0.3 is 14.5 Å². The Morgan fingerprint density at radius 2 is 1.49 bits per heavy atom. The normalized spacial score (nSPS) is 16.1. The first-order valence-electron chi connectivity index (χ1n) is 14.2. The average molecular weight is 521 g/mol. The van der Waals surface area contributed by atoms with E-state index in [0.29, 0.717) is 6.61 Å². The van der Waals surface area contributed by atoms with Gasteiger partial charge in [-0.15, -0.1) is 0 Å². The lowest BCUT2D eigenvalue weighted by molar-refractivity contribution is 0.307. The second-order valence-electron chi connectivity index (χ2n) is 10.4. The summed E-state index contributed by atoms with van der Waals surface area (Å²) in [6, 6.07) is 24.8. The molecule has 7 nitrogen and oxygen atoms in total. The van der Waals surface area contributed by atoms with E-state index in [1.165, 1.54) is 54.9 Å². The van der Waals surface area contributed by atoms with E-state index in [-0.39, 0.29) is 0 Å². The number of benzene rings is 3. The van der Waals surface area contributed by atoms with Gasteiger partial charge in [-0.25, -0.2) is 0 Å². The highest BCUT2D eigenvalue weighted by atomic mass is 16.5. The summed E-state index contributed by atoms with van der Waals surface area (Å²) >= 11 is 0. The van der Waals surface area contributed by atoms with E-state index in [9.17, 15) is 0 Å². The number of rotatable bonds is 8. The number of fused-ring (bicyclic) bond motifs is 1. The minimum atomic E-state index is 0.531. The lowest BCUT2D eigenvalue weighted by atomic mass is 10.1. The number of anilines is 3. The maximum atomic E-state index is 6.08. The first-order chi connectivity index (χ1) is 19.3. The van der Waals surface area contributed by atoms with Crippen molar-refractivity contribution in [2.75, 3.05) is 41.4 Å². The highest BCUT2D eigenvalue weighted by molar-refractivity contribution is 5.85. The van der Waals surface area contributed by atoms with Crippen LogP contribution in [0.15, 0.2) is 77.9 Å². The van der Waals surface area contributed by atoms with Gasteiger partial charge in [-0.05, 0) is 84.7 Å². The maximum Gasteiger partial charge on any atom is 0.229 e. The molecule has 7 heteroatoms. The third-order valence-electron chi connectivity index (χ3n) is 7.57. The molecule has 0 spiro atoms. The van der Waals surface area contributed by atoms with Crippen molar-refractivity contribution in [3.63, 3.8) is 0 Å². The van der Waals surface area contributed by atoms with Crippen LogP contribution in [0.3, 0.4) is 0 Å². The summed E-state index contributed by atoms with van der Waals surface area (Å²) in [4.78, 5) is 14.5. The fourth-order valence-corrected chi connectivity index (χ4v) is 5.40. The van der Waals surface area contributed by atoms with Gasteiger partial charge in [0.25, 0.3) is 0 Å². The Balaban J connectivity index is 1.11. The van der Waals surface area contributed by atoms with E-state index in [1.54, 1.807) is 0 Å². The van der Waals surface area contributed by atoms with Gasteiger partial charge in [0.05, 0.1) is 6.21 Å². The topological polar surface area (TPSA) is 65.9 Å². The molecule has 2 saturated heterocycles. The van der Waals surface area contributed by atoms with Gasteiger partial charge in [0.1, 0.15) is 18.2 Å². The number of nitrogens with zero attached hydrogens (tertiary/aromatic N) is 5. The molecule has 39 heavy (non-hydrogen) atoms. The summed E-state index contributed by atoms with van der Waals surface area (Å²) in [5.41, 5.74) is 5.33. The zero-order valence-corrected chi connectivity index (χ0v) is 22.4. The summed E-state index contributed by atoms with van der Waals surface area (Å²) in [5, 5.41) is 6.96. The molecular formula is C32H36N6O. The van der Waals surface area contributed by atoms with E-state index in [0.717, 1.165) is 55.1 Å². The van der Waals surface area contributed by atoms with Crippen LogP contribution in [0, 0.1) is 0 Å². The van der Waals surface area contributed by atoms with Gasteiger partial charge >= 0.3 is 0 Å². The molecule has 0 unspecified atom stereocenters. The molecule has 2 fully saturated rings. The molecule has 2 aliphatic rings. The Morgan fingerprint density at radius 1 is 0.769 bits per heavy atom. The quantitative estimate of drug-likeness (QED) is 0.208. The predicted molar refractivity (Wildman–Crippen MR) is 160 cm³/mol. The molecule has 0 aliphatic carbocycles. The summed E-state index contributed by atoms with van der Waals surface area (Å²) in [6.45, 7) is 4.66. The van der Waals surface area contributed by atoms with Crippen molar-refractivity contribution in [1.29, 1.82) is 0 Å². The van der Waals surface area contributed by atoms with Crippen LogP contribution in [-0.2, 0) is 6.61 Å². The van der Waals surface area contributed by atoms with Crippen LogP contribution in [0.1, 0.15) is 49.7 Å². The Kier molecular flexibility index (Phi) is 7.84. The van der Waals surface area contributed by atoms with E-state index in [2.05, 4.69) is 62.8 Å². The SMILES string of the molecule is C(=NNc1cc(N2CCCCC2)nc(N2CCCCC2)n1)c1ccc(OCc2cccc3ccccc23)cc1. The molecule has 1 N–H and O–H groups in total. The fourth-order valence-electron chi connectivity index (χ4n) is 5.40. The first kappa shape index (κ1) is 25.2. The van der Waals surface area contributed by atoms with Crippen molar-refractivity contribution in [2.45, 2.75) is 45.1 Å². The molecule has 3 aromatic carbocycles. The third-order valence-corrected chi connectivity index (χ3v) is 7.57. The zero-order chi connectivity index (χ0) is 26.3. The van der Waals surface area contributed by atoms with Gasteiger partial charge in [-0.3, -0.25) is 5.43 Å². The van der Waals surface area contributed by atoms with Crippen LogP contribution in [0.5, 0.6) is 5.75 Å². The lowest BCUT2D eigenvalue weighted by Gasteiger charge is -2.31. The monoisotopic (exact) mass is 520 g/mol. The standard InChI is InChI=1S/C32H36N6O/c1-5-18-37(19-6-1)31-22-30(34-32(35-31)38-20-7-2-8-21-38)36-33-23-25-14-16-28(17-15-25)39-24-27-12-9-11-26-10-3-4-13-29(26)27/h3-4,9-17,22-23H,1-2,5-8,18-21,24H2,(H,34,35,36). The van der Waals surface area contributed by atoms with E-state index < -0.39 is 0 Å². The highest BCUT2D eigenvalue weighted by Crippen LogP contribution is 2.25. The molecule has 2 aliphatic heterocycles. The van der Waals surface area contributed by atoms with Crippen molar-refractivity contribution in [3.05, 3.63) is 83.9 Å². The van der Waals surface area contributed by atoms with Gasteiger partial charge in [-0.1, -0.05) is 42.5 Å². The average Bonchev–Trinajstić information content (AvgIpc) is 3.01. The van der Waals surface area contributed by atoms with Crippen LogP contribution in [0.2, 0.25) is 0 Å². The smallest absolute Gasteiger partial charge is 0.229 e. The van der Waals surface area contributed by atoms with Gasteiger partial charge in [0, 0.05) is 32.2 Å². The zero-order valence-electron chi connectivity index (χ0n) is 22.4. The van der Waals surface area contributed by atoms with Crippen LogP contribution >= 0.6 is 0 Å². The minimum Gasteiger partial charge on any atom is -0.489 e. The van der Waals surface area contributed by atoms with Crippen LogP contribution in [-0.4, -0.2) is 42.4 Å². The Bertz CT molecular complexity index is 1370. The van der Waals surface area contributed by atoms with E-state index in [1.807, 2.05) is 36.5 Å². The van der Waals surface area contributed by atoms with Crippen molar-refractivity contribution >= 4 is 34.6 Å². The van der Waals surface area contributed by atoms with Gasteiger partial charge in [0.2, 0.25) is 5.95 Å². The number of piperidine rings is 2. The van der Waals surface area contributed by atoms with E-state index >= 15 is 0 Å². The molecule has 0 saturated carbocycles. The first-order valence-corrected chi connectivity index (χ1v) is 14.2. The molecule has 6 rings (SSSR count). The summed E-state index contributed by atoms with van der Waals surface area (Å²) < 4.78 is 6.08. The largest absolute Gasteiger partial charge is 0.489 e. The van der Waals surface area contributed by atoms with E-state index in [4.69, 9.17) is 14.7 Å². The van der Waals surface area contributed by atoms with Crippen molar-refractivity contribution in [1.82, 2.24) is 9.97 Å². The second kappa shape index (κ2) is 12.2. The summed E-state index contributed by atoms with van der Waals surface area (Å²) in [7, 11) is 0. The lowest BCUT2D eigenvalue weighted by Crippen LogP contribution is -2.33. The number of ether oxygens (including phenoxy) is 1. The van der Waals surface area contributed by atoms with Gasteiger partial charge in [-0.2, -0.15) is 15.1 Å². The van der Waals surface area contributed by atoms with Gasteiger partial charge in [0.15, 0.2) is 5.82 Å². The molecule has 0 atom stereocenters. The molecule has 4 aromatic rings. The minimum absolute atomic E-state index is 0.531. The summed E-state index contributed by atoms with van der Waals surface area (Å²) in [5.74, 6) is 3.37. The number of nitrogens with one attached hydrogen (secondary N) is 1. The highest BCUT2D eigenvalue weighted by Gasteiger charge is 2.19. The Hall–Kier alpha value is -4.13. The maximum absolute atomic E-state index is 6.08. The van der Waals surface area contributed by atoms with Crippen LogP contribution in [0.4, 0.5) is 17.6 Å². The number of hydrogen-bond donors (Lipinski definition) is 1. The van der Waals surface area contributed by atoms with Crippen LogP contribution in [0.25, 0.3) is 10.8 Å². The Morgan fingerprint density at radius 3 is 2.28 bits per heavy atom. The number of aromatic nitrogens is 2. The molecule has 0 radical (unpaired) electrons. The molecule has 200 valence electrons. The van der Waals surface area contributed by atoms with Crippen molar-refractivity contribution in [3.8, 4) is 5.75 Å².